The number of nitrogens with one attached hydrogen (secondary N) is 1. The lowest BCUT2D eigenvalue weighted by atomic mass is 10.2. The lowest BCUT2D eigenvalue weighted by molar-refractivity contribution is 0.627. The molecular weight excluding hydrogens is 309 g/mol. The molecule has 1 fully saturated rings. The summed E-state index contributed by atoms with van der Waals surface area (Å²) in [6, 6.07) is 6.54. The van der Waals surface area contributed by atoms with Crippen molar-refractivity contribution in [3.05, 3.63) is 40.2 Å². The topological polar surface area (TPSA) is 37.8 Å². The minimum atomic E-state index is -0.275. The van der Waals surface area contributed by atoms with Gasteiger partial charge in [0.2, 0.25) is 0 Å². The average Bonchev–Trinajstić information content (AvgIpc) is 3.22. The second-order valence-electron chi connectivity index (χ2n) is 4.65. The number of anilines is 1. The number of halogens is 2. The van der Waals surface area contributed by atoms with Gasteiger partial charge in [-0.1, -0.05) is 0 Å². The van der Waals surface area contributed by atoms with E-state index in [1.165, 1.54) is 25.0 Å². The first-order valence-electron chi connectivity index (χ1n) is 6.19. The van der Waals surface area contributed by atoms with Gasteiger partial charge in [-0.05, 0) is 47.0 Å². The van der Waals surface area contributed by atoms with Gasteiger partial charge in [0.05, 0.1) is 0 Å². The maximum absolute atomic E-state index is 13.1. The van der Waals surface area contributed by atoms with E-state index in [0.29, 0.717) is 16.2 Å². The summed E-state index contributed by atoms with van der Waals surface area (Å²) in [4.78, 5) is 9.05. The Morgan fingerprint density at radius 1 is 1.26 bits per heavy atom. The van der Waals surface area contributed by atoms with Gasteiger partial charge in [-0.3, -0.25) is 0 Å². The van der Waals surface area contributed by atoms with E-state index in [4.69, 9.17) is 0 Å². The van der Waals surface area contributed by atoms with Gasteiger partial charge in [0.1, 0.15) is 11.6 Å². The second-order valence-corrected chi connectivity index (χ2v) is 5.50. The highest BCUT2D eigenvalue weighted by atomic mass is 79.9. The minimum absolute atomic E-state index is 0.275. The quantitative estimate of drug-likeness (QED) is 0.929. The molecule has 3 nitrogen and oxygen atoms in total. The van der Waals surface area contributed by atoms with Crippen LogP contribution in [0.5, 0.6) is 0 Å². The van der Waals surface area contributed by atoms with Crippen LogP contribution in [0.15, 0.2) is 28.7 Å². The molecule has 1 aromatic carbocycles. The van der Waals surface area contributed by atoms with Crippen molar-refractivity contribution in [2.75, 3.05) is 12.4 Å². The highest BCUT2D eigenvalue weighted by molar-refractivity contribution is 9.10. The molecule has 1 aliphatic rings. The standard InChI is InChI=1S/C14H13BrFN3/c1-17-13-7-12(8-2-3-8)18-14(19-13)10-5-4-9(16)6-11(10)15/h4-8H,2-3H2,1H3,(H,17,18,19). The van der Waals surface area contributed by atoms with Gasteiger partial charge in [-0.2, -0.15) is 0 Å². The highest BCUT2D eigenvalue weighted by Crippen LogP contribution is 2.40. The fourth-order valence-electron chi connectivity index (χ4n) is 1.97. The third-order valence-electron chi connectivity index (χ3n) is 3.17. The number of hydrogen-bond donors (Lipinski definition) is 1. The molecule has 19 heavy (non-hydrogen) atoms. The predicted octanol–water partition coefficient (Wildman–Crippen LogP) is 3.96. The normalized spacial score (nSPS) is 14.5. The van der Waals surface area contributed by atoms with Gasteiger partial charge in [0.25, 0.3) is 0 Å². The largest absolute Gasteiger partial charge is 0.373 e. The summed E-state index contributed by atoms with van der Waals surface area (Å²) < 4.78 is 13.8. The molecule has 0 radical (unpaired) electrons. The minimum Gasteiger partial charge on any atom is -0.373 e. The van der Waals surface area contributed by atoms with Gasteiger partial charge in [0, 0.05) is 34.8 Å². The Hall–Kier alpha value is -1.49. The number of rotatable bonds is 3. The molecule has 0 amide bonds. The molecule has 0 aliphatic heterocycles. The number of nitrogens with zero attached hydrogens (tertiary/aromatic N) is 2. The Kier molecular flexibility index (Phi) is 3.22. The first kappa shape index (κ1) is 12.5. The van der Waals surface area contributed by atoms with Crippen LogP contribution in [0.3, 0.4) is 0 Å². The molecule has 1 heterocycles. The van der Waals surface area contributed by atoms with Crippen molar-refractivity contribution >= 4 is 21.7 Å². The van der Waals surface area contributed by atoms with Crippen molar-refractivity contribution in [2.45, 2.75) is 18.8 Å². The monoisotopic (exact) mass is 321 g/mol. The first-order chi connectivity index (χ1) is 9.17. The van der Waals surface area contributed by atoms with Crippen LogP contribution in [0.25, 0.3) is 11.4 Å². The van der Waals surface area contributed by atoms with Gasteiger partial charge in [-0.15, -0.1) is 0 Å². The van der Waals surface area contributed by atoms with Gasteiger partial charge in [0.15, 0.2) is 5.82 Å². The third kappa shape index (κ3) is 2.61. The fraction of sp³-hybridized carbons (Fsp3) is 0.286. The third-order valence-corrected chi connectivity index (χ3v) is 3.83. The van der Waals surface area contributed by atoms with Crippen LogP contribution in [0, 0.1) is 5.82 Å². The summed E-state index contributed by atoms with van der Waals surface area (Å²) in [5.74, 6) is 1.69. The van der Waals surface area contributed by atoms with Crippen LogP contribution in [-0.2, 0) is 0 Å². The van der Waals surface area contributed by atoms with E-state index in [0.717, 1.165) is 17.1 Å². The molecule has 0 bridgehead atoms. The molecule has 1 N–H and O–H groups in total. The molecule has 3 rings (SSSR count). The Morgan fingerprint density at radius 2 is 2.05 bits per heavy atom. The summed E-state index contributed by atoms with van der Waals surface area (Å²) in [6.45, 7) is 0. The Labute approximate surface area is 119 Å². The lowest BCUT2D eigenvalue weighted by Crippen LogP contribution is -2.00. The molecule has 98 valence electrons. The number of hydrogen-bond acceptors (Lipinski definition) is 3. The Morgan fingerprint density at radius 3 is 2.68 bits per heavy atom. The number of benzene rings is 1. The highest BCUT2D eigenvalue weighted by Gasteiger charge is 2.26. The zero-order chi connectivity index (χ0) is 13.4. The molecule has 0 unspecified atom stereocenters. The summed E-state index contributed by atoms with van der Waals surface area (Å²) >= 11 is 3.37. The van der Waals surface area contributed by atoms with Crippen LogP contribution in [0.1, 0.15) is 24.5 Å². The van der Waals surface area contributed by atoms with Crippen LogP contribution >= 0.6 is 15.9 Å². The van der Waals surface area contributed by atoms with Crippen LogP contribution in [0.2, 0.25) is 0 Å². The summed E-state index contributed by atoms with van der Waals surface area (Å²) in [5.41, 5.74) is 1.87. The van der Waals surface area contributed by atoms with Crippen LogP contribution in [-0.4, -0.2) is 17.0 Å². The zero-order valence-corrected chi connectivity index (χ0v) is 12.0. The maximum Gasteiger partial charge on any atom is 0.162 e. The number of aromatic nitrogens is 2. The molecule has 1 aliphatic carbocycles. The van der Waals surface area contributed by atoms with Gasteiger partial charge >= 0.3 is 0 Å². The van der Waals surface area contributed by atoms with E-state index in [1.807, 2.05) is 13.1 Å². The SMILES string of the molecule is CNc1cc(C2CC2)nc(-c2ccc(F)cc2Br)n1. The summed E-state index contributed by atoms with van der Waals surface area (Å²) in [6.07, 6.45) is 2.37. The lowest BCUT2D eigenvalue weighted by Gasteiger charge is -2.08. The molecule has 1 saturated carbocycles. The van der Waals surface area contributed by atoms with Crippen molar-refractivity contribution in [3.63, 3.8) is 0 Å². The van der Waals surface area contributed by atoms with E-state index < -0.39 is 0 Å². The van der Waals surface area contributed by atoms with E-state index in [2.05, 4.69) is 31.2 Å². The van der Waals surface area contributed by atoms with E-state index >= 15 is 0 Å². The fourth-order valence-corrected chi connectivity index (χ4v) is 2.50. The van der Waals surface area contributed by atoms with E-state index in [9.17, 15) is 4.39 Å². The predicted molar refractivity (Wildman–Crippen MR) is 76.6 cm³/mol. The average molecular weight is 322 g/mol. The van der Waals surface area contributed by atoms with Gasteiger partial charge in [-0.25, -0.2) is 14.4 Å². The summed E-state index contributed by atoms with van der Waals surface area (Å²) in [5, 5.41) is 3.05. The van der Waals surface area contributed by atoms with Crippen molar-refractivity contribution < 1.29 is 4.39 Å². The van der Waals surface area contributed by atoms with Crippen molar-refractivity contribution in [1.29, 1.82) is 0 Å². The van der Waals surface area contributed by atoms with E-state index in [1.54, 1.807) is 6.07 Å². The summed E-state index contributed by atoms with van der Waals surface area (Å²) in [7, 11) is 1.84. The van der Waals surface area contributed by atoms with Crippen molar-refractivity contribution in [1.82, 2.24) is 9.97 Å². The van der Waals surface area contributed by atoms with E-state index in [-0.39, 0.29) is 5.82 Å². The zero-order valence-electron chi connectivity index (χ0n) is 10.5. The smallest absolute Gasteiger partial charge is 0.162 e. The Balaban J connectivity index is 2.10. The molecular formula is C14H13BrFN3. The molecule has 1 aromatic heterocycles. The molecule has 2 aromatic rings. The van der Waals surface area contributed by atoms with Crippen molar-refractivity contribution in [3.8, 4) is 11.4 Å². The molecule has 5 heteroatoms. The van der Waals surface area contributed by atoms with Crippen LogP contribution in [0.4, 0.5) is 10.2 Å². The molecule has 0 atom stereocenters. The molecule has 0 spiro atoms. The van der Waals surface area contributed by atoms with Crippen LogP contribution < -0.4 is 5.32 Å². The van der Waals surface area contributed by atoms with Crippen molar-refractivity contribution in [2.24, 2.45) is 0 Å². The van der Waals surface area contributed by atoms with Gasteiger partial charge < -0.3 is 5.32 Å². The first-order valence-corrected chi connectivity index (χ1v) is 6.99. The second kappa shape index (κ2) is 4.89. The molecule has 0 saturated heterocycles. The maximum atomic E-state index is 13.1. The Bertz CT molecular complexity index is 626.